The van der Waals surface area contributed by atoms with Crippen LogP contribution in [-0.2, 0) is 11.3 Å². The molecule has 1 fully saturated rings. The third-order valence-corrected chi connectivity index (χ3v) is 5.53. The highest BCUT2D eigenvalue weighted by Gasteiger charge is 2.31. The van der Waals surface area contributed by atoms with E-state index in [1.165, 1.54) is 18.5 Å². The molecule has 0 bridgehead atoms. The molecular formula is C21H20ClFN4O3. The summed E-state index contributed by atoms with van der Waals surface area (Å²) in [5.41, 5.74) is 2.09. The SMILES string of the molecule is COc1cc2ncnc(Nc3ccc(F)c(Cl)c3)c2cc1CN1CCC[C@@H]1C(=O)O. The topological polar surface area (TPSA) is 87.6 Å². The molecule has 0 saturated carbocycles. The number of benzene rings is 2. The van der Waals surface area contributed by atoms with Crippen LogP contribution in [0.5, 0.6) is 5.75 Å². The van der Waals surface area contributed by atoms with Crippen molar-refractivity contribution in [2.24, 2.45) is 0 Å². The summed E-state index contributed by atoms with van der Waals surface area (Å²) in [6, 6.07) is 7.54. The molecular weight excluding hydrogens is 411 g/mol. The van der Waals surface area contributed by atoms with E-state index in [0.29, 0.717) is 42.3 Å². The second kappa shape index (κ2) is 8.41. The van der Waals surface area contributed by atoms with Crippen molar-refractivity contribution >= 4 is 40.0 Å². The Hall–Kier alpha value is -2.97. The van der Waals surface area contributed by atoms with E-state index in [2.05, 4.69) is 15.3 Å². The van der Waals surface area contributed by atoms with Gasteiger partial charge in [-0.2, -0.15) is 0 Å². The van der Waals surface area contributed by atoms with Crippen LogP contribution in [0, 0.1) is 5.82 Å². The van der Waals surface area contributed by atoms with Crippen molar-refractivity contribution in [3.63, 3.8) is 0 Å². The van der Waals surface area contributed by atoms with Crippen LogP contribution in [0.4, 0.5) is 15.9 Å². The van der Waals surface area contributed by atoms with Gasteiger partial charge in [-0.15, -0.1) is 0 Å². The Kier molecular flexibility index (Phi) is 5.69. The van der Waals surface area contributed by atoms with Crippen molar-refractivity contribution in [3.05, 3.63) is 53.1 Å². The number of carboxylic acid groups (broad SMARTS) is 1. The van der Waals surface area contributed by atoms with Crippen molar-refractivity contribution in [2.45, 2.75) is 25.4 Å². The van der Waals surface area contributed by atoms with Crippen molar-refractivity contribution in [1.29, 1.82) is 0 Å². The second-order valence-electron chi connectivity index (χ2n) is 7.12. The molecule has 2 heterocycles. The number of hydrogen-bond acceptors (Lipinski definition) is 6. The zero-order valence-electron chi connectivity index (χ0n) is 16.2. The quantitative estimate of drug-likeness (QED) is 0.605. The number of nitrogens with one attached hydrogen (secondary N) is 1. The fourth-order valence-corrected chi connectivity index (χ4v) is 3.95. The predicted octanol–water partition coefficient (Wildman–Crippen LogP) is 4.22. The summed E-state index contributed by atoms with van der Waals surface area (Å²) in [6.45, 7) is 1.15. The summed E-state index contributed by atoms with van der Waals surface area (Å²) >= 11 is 5.88. The van der Waals surface area contributed by atoms with Crippen LogP contribution >= 0.6 is 11.6 Å². The van der Waals surface area contributed by atoms with Gasteiger partial charge in [0.25, 0.3) is 0 Å². The van der Waals surface area contributed by atoms with Crippen LogP contribution in [-0.4, -0.2) is 45.6 Å². The molecule has 9 heteroatoms. The lowest BCUT2D eigenvalue weighted by atomic mass is 10.1. The average molecular weight is 431 g/mol. The number of halogens is 2. The van der Waals surface area contributed by atoms with Crippen LogP contribution in [0.25, 0.3) is 10.9 Å². The van der Waals surface area contributed by atoms with Gasteiger partial charge in [-0.1, -0.05) is 11.6 Å². The van der Waals surface area contributed by atoms with Gasteiger partial charge in [0.1, 0.15) is 29.8 Å². The van der Waals surface area contributed by atoms with E-state index in [4.69, 9.17) is 16.3 Å². The first kappa shape index (κ1) is 20.3. The maximum absolute atomic E-state index is 13.5. The normalized spacial score (nSPS) is 16.7. The molecule has 4 rings (SSSR count). The number of aliphatic carboxylic acids is 1. The molecule has 156 valence electrons. The van der Waals surface area contributed by atoms with Crippen LogP contribution < -0.4 is 10.1 Å². The first-order chi connectivity index (χ1) is 14.5. The molecule has 2 aromatic carbocycles. The molecule has 0 spiro atoms. The molecule has 0 unspecified atom stereocenters. The number of carboxylic acids is 1. The number of ether oxygens (including phenoxy) is 1. The Morgan fingerprint density at radius 1 is 1.37 bits per heavy atom. The fourth-order valence-electron chi connectivity index (χ4n) is 3.77. The first-order valence-corrected chi connectivity index (χ1v) is 9.84. The lowest BCUT2D eigenvalue weighted by molar-refractivity contribution is -0.142. The standard InChI is InChI=1S/C21H20ClFN4O3/c1-30-19-9-17-14(7-12(19)10-27-6-2-3-18(27)21(28)29)20(25-11-24-17)26-13-4-5-16(23)15(22)8-13/h4-5,7-9,11,18H,2-3,6,10H2,1H3,(H,28,29)(H,24,25,26)/t18-/m1/s1. The van der Waals surface area contributed by atoms with Crippen molar-refractivity contribution in [3.8, 4) is 5.75 Å². The van der Waals surface area contributed by atoms with E-state index in [1.807, 2.05) is 11.0 Å². The number of nitrogens with zero attached hydrogens (tertiary/aromatic N) is 3. The molecule has 1 saturated heterocycles. The highest BCUT2D eigenvalue weighted by molar-refractivity contribution is 6.31. The predicted molar refractivity (Wildman–Crippen MR) is 112 cm³/mol. The van der Waals surface area contributed by atoms with E-state index in [9.17, 15) is 14.3 Å². The number of anilines is 2. The van der Waals surface area contributed by atoms with Crippen LogP contribution in [0.2, 0.25) is 5.02 Å². The minimum atomic E-state index is -0.814. The average Bonchev–Trinajstić information content (AvgIpc) is 3.19. The summed E-state index contributed by atoms with van der Waals surface area (Å²) in [4.78, 5) is 22.1. The number of carbonyl (C=O) groups is 1. The molecule has 3 aromatic rings. The van der Waals surface area contributed by atoms with Gasteiger partial charge in [0.05, 0.1) is 17.6 Å². The molecule has 7 nitrogen and oxygen atoms in total. The molecule has 0 amide bonds. The molecule has 1 aromatic heterocycles. The van der Waals surface area contributed by atoms with E-state index < -0.39 is 17.8 Å². The van der Waals surface area contributed by atoms with Crippen LogP contribution in [0.1, 0.15) is 18.4 Å². The first-order valence-electron chi connectivity index (χ1n) is 9.47. The van der Waals surface area contributed by atoms with Crippen LogP contribution in [0.15, 0.2) is 36.7 Å². The number of aromatic nitrogens is 2. The third-order valence-electron chi connectivity index (χ3n) is 5.24. The summed E-state index contributed by atoms with van der Waals surface area (Å²) in [7, 11) is 1.57. The van der Waals surface area contributed by atoms with Gasteiger partial charge in [0, 0.05) is 29.2 Å². The molecule has 0 radical (unpaired) electrons. The number of fused-ring (bicyclic) bond motifs is 1. The maximum atomic E-state index is 13.5. The van der Waals surface area contributed by atoms with E-state index in [-0.39, 0.29) is 5.02 Å². The number of methoxy groups -OCH3 is 1. The Labute approximate surface area is 177 Å². The molecule has 2 N–H and O–H groups in total. The molecule has 30 heavy (non-hydrogen) atoms. The van der Waals surface area contributed by atoms with Gasteiger partial charge < -0.3 is 15.2 Å². The lowest BCUT2D eigenvalue weighted by Gasteiger charge is -2.22. The third kappa shape index (κ3) is 4.01. The zero-order chi connectivity index (χ0) is 21.3. The smallest absolute Gasteiger partial charge is 0.320 e. The van der Waals surface area contributed by atoms with Gasteiger partial charge >= 0.3 is 5.97 Å². The highest BCUT2D eigenvalue weighted by Crippen LogP contribution is 2.32. The molecule has 0 aliphatic carbocycles. The Morgan fingerprint density at radius 2 is 2.20 bits per heavy atom. The minimum absolute atomic E-state index is 0.00876. The largest absolute Gasteiger partial charge is 0.496 e. The number of likely N-dealkylation sites (tertiary alicyclic amines) is 1. The molecule has 1 atom stereocenters. The number of rotatable bonds is 6. The Balaban J connectivity index is 1.71. The van der Waals surface area contributed by atoms with Gasteiger partial charge in [0.15, 0.2) is 0 Å². The summed E-state index contributed by atoms with van der Waals surface area (Å²) in [5.74, 6) is -0.151. The van der Waals surface area contributed by atoms with Crippen molar-refractivity contribution in [1.82, 2.24) is 14.9 Å². The summed E-state index contributed by atoms with van der Waals surface area (Å²) in [6.07, 6.45) is 2.90. The van der Waals surface area contributed by atoms with E-state index >= 15 is 0 Å². The Bertz CT molecular complexity index is 1110. The highest BCUT2D eigenvalue weighted by atomic mass is 35.5. The van der Waals surface area contributed by atoms with Gasteiger partial charge in [-0.3, -0.25) is 9.69 Å². The van der Waals surface area contributed by atoms with E-state index in [1.54, 1.807) is 19.2 Å². The van der Waals surface area contributed by atoms with Gasteiger partial charge in [0.2, 0.25) is 0 Å². The summed E-state index contributed by atoms with van der Waals surface area (Å²) in [5, 5.41) is 13.4. The number of hydrogen-bond donors (Lipinski definition) is 2. The molecule has 1 aliphatic rings. The van der Waals surface area contributed by atoms with Gasteiger partial charge in [-0.05, 0) is 43.7 Å². The van der Waals surface area contributed by atoms with Crippen LogP contribution in [0.3, 0.4) is 0 Å². The van der Waals surface area contributed by atoms with Crippen molar-refractivity contribution in [2.75, 3.05) is 19.0 Å². The molecule has 1 aliphatic heterocycles. The summed E-state index contributed by atoms with van der Waals surface area (Å²) < 4.78 is 19.0. The minimum Gasteiger partial charge on any atom is -0.496 e. The second-order valence-corrected chi connectivity index (χ2v) is 7.53. The van der Waals surface area contributed by atoms with Gasteiger partial charge in [-0.25, -0.2) is 14.4 Å². The fraction of sp³-hybridized carbons (Fsp3) is 0.286. The Morgan fingerprint density at radius 3 is 2.93 bits per heavy atom. The zero-order valence-corrected chi connectivity index (χ0v) is 17.0. The van der Waals surface area contributed by atoms with E-state index in [0.717, 1.165) is 17.4 Å². The van der Waals surface area contributed by atoms with Crippen molar-refractivity contribution < 1.29 is 19.0 Å². The maximum Gasteiger partial charge on any atom is 0.320 e. The lowest BCUT2D eigenvalue weighted by Crippen LogP contribution is -2.35. The monoisotopic (exact) mass is 430 g/mol.